The predicted molar refractivity (Wildman–Crippen MR) is 71.4 cm³/mol. The molecule has 0 aliphatic heterocycles. The molecule has 156 valence electrons. The number of ether oxygens (including phenoxy) is 1. The molecular weight excluding hydrogens is 405 g/mol. The summed E-state index contributed by atoms with van der Waals surface area (Å²) in [4.78, 5) is 0. The van der Waals surface area contributed by atoms with Crippen molar-refractivity contribution in [3.8, 4) is 0 Å². The average Bonchev–Trinajstić information content (AvgIpc) is 2.51. The van der Waals surface area contributed by atoms with Crippen LogP contribution in [0, 0.1) is 6.92 Å². The molecule has 0 heterocycles. The predicted octanol–water partition coefficient (Wildman–Crippen LogP) is 6.18. The monoisotopic (exact) mass is 418 g/mol. The topological polar surface area (TPSA) is 9.23 Å². The number of aryl methyl sites for hydroxylation is 1. The van der Waals surface area contributed by atoms with Gasteiger partial charge in [0, 0.05) is 13.5 Å². The molecule has 1 atom stereocenters. The number of alkyl halides is 11. The maximum Gasteiger partial charge on any atom is 0.460 e. The van der Waals surface area contributed by atoms with Crippen LogP contribution in [0.2, 0.25) is 0 Å². The standard InChI is InChI=1S/C15H13F11O/c1-8-5-3-4-6-9(8)10(27-2)7-11(16,17)12(18,19)13(20,21)14(22,23)15(24,25)26/h3-6,10H,7H2,1-2H3. The summed E-state index contributed by atoms with van der Waals surface area (Å²) < 4.78 is 148. The molecule has 1 aromatic rings. The van der Waals surface area contributed by atoms with Gasteiger partial charge in [-0.05, 0) is 18.1 Å². The van der Waals surface area contributed by atoms with Crippen LogP contribution < -0.4 is 0 Å². The molecule has 0 radical (unpaired) electrons. The lowest BCUT2D eigenvalue weighted by Gasteiger charge is -2.38. The summed E-state index contributed by atoms with van der Waals surface area (Å²) in [6.07, 6.45) is -11.4. The largest absolute Gasteiger partial charge is 0.460 e. The van der Waals surface area contributed by atoms with Crippen molar-refractivity contribution in [2.45, 2.75) is 49.3 Å². The average molecular weight is 418 g/mol. The highest BCUT2D eigenvalue weighted by Crippen LogP contribution is 2.58. The van der Waals surface area contributed by atoms with Gasteiger partial charge in [-0.1, -0.05) is 24.3 Å². The lowest BCUT2D eigenvalue weighted by Crippen LogP contribution is -2.66. The molecule has 1 unspecified atom stereocenters. The number of benzene rings is 1. The van der Waals surface area contributed by atoms with Crippen LogP contribution in [0.1, 0.15) is 23.7 Å². The third-order valence-electron chi connectivity index (χ3n) is 3.87. The minimum Gasteiger partial charge on any atom is -0.377 e. The lowest BCUT2D eigenvalue weighted by molar-refractivity contribution is -0.423. The molecule has 1 aromatic carbocycles. The third kappa shape index (κ3) is 3.85. The van der Waals surface area contributed by atoms with Crippen LogP contribution in [0.4, 0.5) is 48.3 Å². The molecule has 0 aliphatic carbocycles. The van der Waals surface area contributed by atoms with Crippen molar-refractivity contribution in [3.05, 3.63) is 35.4 Å². The summed E-state index contributed by atoms with van der Waals surface area (Å²) in [6.45, 7) is 1.34. The molecule has 27 heavy (non-hydrogen) atoms. The maximum absolute atomic E-state index is 13.9. The lowest BCUT2D eigenvalue weighted by atomic mass is 9.91. The Hall–Kier alpha value is -1.59. The smallest absolute Gasteiger partial charge is 0.377 e. The van der Waals surface area contributed by atoms with Crippen molar-refractivity contribution in [3.63, 3.8) is 0 Å². The minimum atomic E-state index is -7.41. The molecule has 0 aromatic heterocycles. The Labute approximate surface area is 146 Å². The van der Waals surface area contributed by atoms with Crippen LogP contribution in [0.5, 0.6) is 0 Å². The van der Waals surface area contributed by atoms with Gasteiger partial charge in [-0.25, -0.2) is 0 Å². The first kappa shape index (κ1) is 23.4. The molecule has 12 heteroatoms. The summed E-state index contributed by atoms with van der Waals surface area (Å²) in [6, 6.07) is 5.16. The van der Waals surface area contributed by atoms with Crippen LogP contribution >= 0.6 is 0 Å². The zero-order chi connectivity index (χ0) is 21.5. The summed E-state index contributed by atoms with van der Waals surface area (Å²) in [7, 11) is 0.758. The van der Waals surface area contributed by atoms with E-state index < -0.39 is 42.4 Å². The SMILES string of the molecule is COC(CC(F)(F)C(F)(F)C(F)(F)C(F)(F)C(F)(F)F)c1ccccc1C. The Balaban J connectivity index is 3.33. The highest BCUT2D eigenvalue weighted by Gasteiger charge is 2.87. The molecular formula is C15H13F11O. The van der Waals surface area contributed by atoms with E-state index in [1.54, 1.807) is 0 Å². The van der Waals surface area contributed by atoms with E-state index in [-0.39, 0.29) is 11.1 Å². The van der Waals surface area contributed by atoms with Crippen molar-refractivity contribution < 1.29 is 53.0 Å². The van der Waals surface area contributed by atoms with Crippen LogP contribution in [-0.2, 0) is 4.74 Å². The number of methoxy groups -OCH3 is 1. The van der Waals surface area contributed by atoms with Gasteiger partial charge in [-0.15, -0.1) is 0 Å². The van der Waals surface area contributed by atoms with Gasteiger partial charge in [0.1, 0.15) is 0 Å². The number of hydrogen-bond donors (Lipinski definition) is 0. The van der Waals surface area contributed by atoms with E-state index in [2.05, 4.69) is 4.74 Å². The Kier molecular flexibility index (Phi) is 6.17. The summed E-state index contributed by atoms with van der Waals surface area (Å²) >= 11 is 0. The fraction of sp³-hybridized carbons (Fsp3) is 0.600. The fourth-order valence-corrected chi connectivity index (χ4v) is 2.23. The van der Waals surface area contributed by atoms with Gasteiger partial charge in [0.25, 0.3) is 0 Å². The van der Waals surface area contributed by atoms with Crippen molar-refractivity contribution in [1.82, 2.24) is 0 Å². The molecule has 0 saturated carbocycles. The third-order valence-corrected chi connectivity index (χ3v) is 3.87. The number of hydrogen-bond acceptors (Lipinski definition) is 1. The van der Waals surface area contributed by atoms with Crippen LogP contribution in [-0.4, -0.2) is 37.0 Å². The first-order chi connectivity index (χ1) is 11.9. The normalized spacial score (nSPS) is 15.7. The van der Waals surface area contributed by atoms with E-state index in [0.29, 0.717) is 0 Å². The minimum absolute atomic E-state index is 0.152. The van der Waals surface area contributed by atoms with E-state index in [1.807, 2.05) is 0 Å². The maximum atomic E-state index is 13.9. The summed E-state index contributed by atoms with van der Waals surface area (Å²) in [5.74, 6) is -27.8. The van der Waals surface area contributed by atoms with E-state index in [1.165, 1.54) is 25.1 Å². The van der Waals surface area contributed by atoms with Gasteiger partial charge < -0.3 is 4.74 Å². The van der Waals surface area contributed by atoms with Gasteiger partial charge in [0.05, 0.1) is 6.10 Å². The van der Waals surface area contributed by atoms with E-state index >= 15 is 0 Å². The van der Waals surface area contributed by atoms with Gasteiger partial charge in [-0.2, -0.15) is 48.3 Å². The Bertz CT molecular complexity index is 651. The van der Waals surface area contributed by atoms with E-state index in [4.69, 9.17) is 0 Å². The molecule has 0 aliphatic rings. The van der Waals surface area contributed by atoms with Crippen molar-refractivity contribution in [1.29, 1.82) is 0 Å². The Morgan fingerprint density at radius 2 is 1.26 bits per heavy atom. The second-order valence-corrected chi connectivity index (χ2v) is 5.71. The van der Waals surface area contributed by atoms with Crippen LogP contribution in [0.15, 0.2) is 24.3 Å². The van der Waals surface area contributed by atoms with Gasteiger partial charge in [0.15, 0.2) is 0 Å². The zero-order valence-electron chi connectivity index (χ0n) is 13.7. The Morgan fingerprint density at radius 3 is 1.67 bits per heavy atom. The molecule has 0 N–H and O–H groups in total. The van der Waals surface area contributed by atoms with E-state index in [9.17, 15) is 48.3 Å². The molecule has 1 rings (SSSR count). The van der Waals surface area contributed by atoms with Crippen molar-refractivity contribution >= 4 is 0 Å². The second kappa shape index (κ2) is 7.10. The Morgan fingerprint density at radius 1 is 0.778 bits per heavy atom. The quantitative estimate of drug-likeness (QED) is 0.481. The van der Waals surface area contributed by atoms with Crippen LogP contribution in [0.25, 0.3) is 0 Å². The summed E-state index contributed by atoms with van der Waals surface area (Å²) in [5.41, 5.74) is 0.0669. The molecule has 0 saturated heterocycles. The van der Waals surface area contributed by atoms with Gasteiger partial charge in [0.2, 0.25) is 0 Å². The molecule has 1 nitrogen and oxygen atoms in total. The van der Waals surface area contributed by atoms with E-state index in [0.717, 1.165) is 13.2 Å². The second-order valence-electron chi connectivity index (χ2n) is 5.71. The highest BCUT2D eigenvalue weighted by atomic mass is 19.4. The zero-order valence-corrected chi connectivity index (χ0v) is 13.7. The fourth-order valence-electron chi connectivity index (χ4n) is 2.23. The molecule has 0 bridgehead atoms. The number of rotatable bonds is 7. The molecule has 0 spiro atoms. The van der Waals surface area contributed by atoms with Gasteiger partial charge in [-0.3, -0.25) is 0 Å². The van der Waals surface area contributed by atoms with Crippen molar-refractivity contribution in [2.24, 2.45) is 0 Å². The van der Waals surface area contributed by atoms with Crippen molar-refractivity contribution in [2.75, 3.05) is 7.11 Å². The van der Waals surface area contributed by atoms with Gasteiger partial charge >= 0.3 is 29.9 Å². The first-order valence-corrected chi connectivity index (χ1v) is 7.10. The highest BCUT2D eigenvalue weighted by molar-refractivity contribution is 5.28. The number of halogens is 11. The molecule has 0 fully saturated rings. The molecule has 0 amide bonds. The van der Waals surface area contributed by atoms with Crippen LogP contribution in [0.3, 0.4) is 0 Å². The first-order valence-electron chi connectivity index (χ1n) is 7.10. The summed E-state index contributed by atoms with van der Waals surface area (Å²) in [5, 5.41) is 0.